The van der Waals surface area contributed by atoms with Crippen LogP contribution in [0.25, 0.3) is 0 Å². The fourth-order valence-electron chi connectivity index (χ4n) is 3.97. The van der Waals surface area contributed by atoms with E-state index in [1.54, 1.807) is 0 Å². The Morgan fingerprint density at radius 3 is 1.88 bits per heavy atom. The fraction of sp³-hybridized carbons (Fsp3) is 0.517. The molecule has 0 bridgehead atoms. The Hall–Kier alpha value is -1.16. The first-order valence-corrected chi connectivity index (χ1v) is 13.8. The molecule has 1 aromatic rings. The zero-order valence-corrected chi connectivity index (χ0v) is 22.2. The molecule has 1 unspecified atom stereocenters. The molecule has 1 nitrogen and oxygen atoms in total. The first-order valence-electron chi connectivity index (χ1n) is 12.1. The number of fused-ring (bicyclic) bond motifs is 1. The Morgan fingerprint density at radius 1 is 0.812 bits per heavy atom. The number of unbranched alkanes of at least 4 members (excludes halogenated alkanes) is 1. The van der Waals surface area contributed by atoms with Gasteiger partial charge in [-0.05, 0) is 98.1 Å². The van der Waals surface area contributed by atoms with Crippen LogP contribution in [0.3, 0.4) is 0 Å². The van der Waals surface area contributed by atoms with Crippen LogP contribution in [0.2, 0.25) is 0 Å². The van der Waals surface area contributed by atoms with Crippen molar-refractivity contribution in [1.29, 1.82) is 0 Å². The molecule has 0 aromatic heterocycles. The van der Waals surface area contributed by atoms with E-state index in [0.29, 0.717) is 6.10 Å². The lowest BCUT2D eigenvalue weighted by atomic mass is 10.0. The van der Waals surface area contributed by atoms with Crippen molar-refractivity contribution in [1.82, 2.24) is 0 Å². The third-order valence-corrected chi connectivity index (χ3v) is 8.79. The minimum absolute atomic E-state index is 0.129. The number of hydrogen-bond donors (Lipinski definition) is 0. The third kappa shape index (κ3) is 8.65. The van der Waals surface area contributed by atoms with Crippen molar-refractivity contribution in [2.24, 2.45) is 0 Å². The Balaban J connectivity index is 1.26. The van der Waals surface area contributed by atoms with E-state index in [-0.39, 0.29) is 5.60 Å². The van der Waals surface area contributed by atoms with Crippen molar-refractivity contribution in [3.8, 4) is 0 Å². The van der Waals surface area contributed by atoms with Crippen LogP contribution >= 0.6 is 23.5 Å². The highest BCUT2D eigenvalue weighted by Crippen LogP contribution is 2.50. The molecule has 0 saturated carbocycles. The van der Waals surface area contributed by atoms with Crippen molar-refractivity contribution < 1.29 is 4.74 Å². The number of epoxide rings is 1. The van der Waals surface area contributed by atoms with Crippen molar-refractivity contribution in [3.05, 3.63) is 69.5 Å². The molecule has 0 radical (unpaired) electrons. The van der Waals surface area contributed by atoms with Gasteiger partial charge in [0.05, 0.1) is 11.7 Å². The van der Waals surface area contributed by atoms with Crippen LogP contribution < -0.4 is 0 Å². The lowest BCUT2D eigenvalue weighted by Crippen LogP contribution is -2.02. The molecule has 0 amide bonds. The van der Waals surface area contributed by atoms with E-state index in [0.717, 1.165) is 38.5 Å². The van der Waals surface area contributed by atoms with Gasteiger partial charge in [-0.1, -0.05) is 76.7 Å². The SMILES string of the molecule is C/C(=C\CC/C=C(\C)CC/C=C(\C)CCC1OC1(C)C)CCC=C1Sc2ccccc2S1. The van der Waals surface area contributed by atoms with E-state index in [1.807, 2.05) is 23.5 Å². The number of hydrogen-bond acceptors (Lipinski definition) is 3. The van der Waals surface area contributed by atoms with Gasteiger partial charge in [-0.3, -0.25) is 0 Å². The molecular weight excluding hydrogens is 428 g/mol. The summed E-state index contributed by atoms with van der Waals surface area (Å²) in [6.07, 6.45) is 19.4. The summed E-state index contributed by atoms with van der Waals surface area (Å²) in [5, 5.41) is 0. The maximum Gasteiger partial charge on any atom is 0.0892 e. The Labute approximate surface area is 204 Å². The molecule has 0 N–H and O–H groups in total. The molecule has 1 saturated heterocycles. The zero-order chi connectivity index (χ0) is 23.0. The lowest BCUT2D eigenvalue weighted by molar-refractivity contribution is 0.320. The maximum absolute atomic E-state index is 5.68. The van der Waals surface area contributed by atoms with Crippen LogP contribution in [0.1, 0.15) is 86.0 Å². The molecule has 3 heteroatoms. The normalized spacial score (nSPS) is 20.5. The minimum Gasteiger partial charge on any atom is -0.367 e. The lowest BCUT2D eigenvalue weighted by Gasteiger charge is -2.02. The molecule has 174 valence electrons. The summed E-state index contributed by atoms with van der Waals surface area (Å²) in [6.45, 7) is 11.2. The van der Waals surface area contributed by atoms with Gasteiger partial charge in [0.1, 0.15) is 0 Å². The summed E-state index contributed by atoms with van der Waals surface area (Å²) >= 11 is 3.83. The van der Waals surface area contributed by atoms with Gasteiger partial charge < -0.3 is 4.74 Å². The molecule has 2 aliphatic rings. The Morgan fingerprint density at radius 2 is 1.31 bits per heavy atom. The van der Waals surface area contributed by atoms with Crippen LogP contribution in [0.5, 0.6) is 0 Å². The average molecular weight is 469 g/mol. The van der Waals surface area contributed by atoms with Gasteiger partial charge >= 0.3 is 0 Å². The van der Waals surface area contributed by atoms with E-state index in [9.17, 15) is 0 Å². The highest BCUT2D eigenvalue weighted by atomic mass is 32.2. The molecule has 0 spiro atoms. The number of thioether (sulfide) groups is 2. The van der Waals surface area contributed by atoms with Gasteiger partial charge in [-0.2, -0.15) is 0 Å². The summed E-state index contributed by atoms with van der Waals surface area (Å²) in [6, 6.07) is 8.69. The fourth-order valence-corrected chi connectivity index (χ4v) is 6.39. The van der Waals surface area contributed by atoms with Crippen molar-refractivity contribution in [2.75, 3.05) is 0 Å². The molecule has 32 heavy (non-hydrogen) atoms. The number of benzene rings is 1. The largest absolute Gasteiger partial charge is 0.367 e. The molecule has 2 heterocycles. The molecular formula is C29H40OS2. The summed E-state index contributed by atoms with van der Waals surface area (Å²) in [7, 11) is 0. The van der Waals surface area contributed by atoms with Gasteiger partial charge in [0.15, 0.2) is 0 Å². The van der Waals surface area contributed by atoms with Crippen molar-refractivity contribution in [2.45, 2.75) is 107 Å². The number of ether oxygens (including phenoxy) is 1. The second-order valence-corrected chi connectivity index (χ2v) is 12.2. The molecule has 3 rings (SSSR count). The standard InChI is InChI=1S/C29H40OS2/c1-22(14-10-15-24(3)20-21-27-29(4,5)30-27)12-6-7-13-23(2)16-11-19-28-31-25-17-8-9-18-26(25)32-28/h8-9,12-13,15,17-19,27H,6-7,10-11,14,16,20-21H2,1-5H3/b22-12+,23-13+,24-15+. The molecule has 1 atom stereocenters. The monoisotopic (exact) mass is 468 g/mol. The van der Waals surface area contributed by atoms with Crippen LogP contribution in [-0.4, -0.2) is 11.7 Å². The van der Waals surface area contributed by atoms with Crippen molar-refractivity contribution in [3.63, 3.8) is 0 Å². The smallest absolute Gasteiger partial charge is 0.0892 e. The van der Waals surface area contributed by atoms with E-state index < -0.39 is 0 Å². The number of rotatable bonds is 12. The predicted octanol–water partition coefficient (Wildman–Crippen LogP) is 9.86. The van der Waals surface area contributed by atoms with Gasteiger partial charge in [0.2, 0.25) is 0 Å². The third-order valence-electron chi connectivity index (χ3n) is 6.27. The molecule has 1 fully saturated rings. The summed E-state index contributed by atoms with van der Waals surface area (Å²) in [4.78, 5) is 2.81. The zero-order valence-electron chi connectivity index (χ0n) is 20.6. The first kappa shape index (κ1) is 25.5. The first-order chi connectivity index (χ1) is 15.3. The van der Waals surface area contributed by atoms with Crippen molar-refractivity contribution >= 4 is 23.5 Å². The van der Waals surface area contributed by atoms with Gasteiger partial charge in [0.25, 0.3) is 0 Å². The Bertz CT molecular complexity index is 861. The Kier molecular flexibility index (Phi) is 9.82. The van der Waals surface area contributed by atoms with Gasteiger partial charge in [-0.15, -0.1) is 0 Å². The molecule has 0 aliphatic carbocycles. The highest BCUT2D eigenvalue weighted by Gasteiger charge is 2.46. The minimum atomic E-state index is 0.129. The van der Waals surface area contributed by atoms with E-state index in [4.69, 9.17) is 4.74 Å². The average Bonchev–Trinajstić information content (AvgIpc) is 3.16. The van der Waals surface area contributed by atoms with E-state index >= 15 is 0 Å². The highest BCUT2D eigenvalue weighted by molar-refractivity contribution is 8.24. The van der Waals surface area contributed by atoms with Crippen LogP contribution in [0.4, 0.5) is 0 Å². The quantitative estimate of drug-likeness (QED) is 0.172. The van der Waals surface area contributed by atoms with Crippen LogP contribution in [-0.2, 0) is 4.74 Å². The number of allylic oxidation sites excluding steroid dienone is 7. The maximum atomic E-state index is 5.68. The van der Waals surface area contributed by atoms with Gasteiger partial charge in [0, 0.05) is 14.0 Å². The molecule has 1 aromatic carbocycles. The summed E-state index contributed by atoms with van der Waals surface area (Å²) in [5.41, 5.74) is 4.67. The van der Waals surface area contributed by atoms with Crippen LogP contribution in [0, 0.1) is 0 Å². The van der Waals surface area contributed by atoms with Gasteiger partial charge in [-0.25, -0.2) is 0 Å². The second kappa shape index (κ2) is 12.3. The van der Waals surface area contributed by atoms with E-state index in [2.05, 4.69) is 83.2 Å². The predicted molar refractivity (Wildman–Crippen MR) is 143 cm³/mol. The van der Waals surface area contributed by atoms with E-state index in [1.165, 1.54) is 43.6 Å². The summed E-state index contributed by atoms with van der Waals surface area (Å²) in [5.74, 6) is 0. The molecule has 2 aliphatic heterocycles. The summed E-state index contributed by atoms with van der Waals surface area (Å²) < 4.78 is 7.12. The second-order valence-electron chi connectivity index (χ2n) is 9.73. The van der Waals surface area contributed by atoms with Crippen LogP contribution in [0.15, 0.2) is 79.3 Å². The topological polar surface area (TPSA) is 12.5 Å².